The molecule has 12 heteroatoms. The molecule has 0 saturated heterocycles. The van der Waals surface area contributed by atoms with E-state index in [1.807, 2.05) is 16.7 Å². The van der Waals surface area contributed by atoms with E-state index in [9.17, 15) is 14.4 Å². The number of aromatic nitrogens is 5. The topological polar surface area (TPSA) is 105 Å². The van der Waals surface area contributed by atoms with Crippen molar-refractivity contribution in [3.63, 3.8) is 0 Å². The molecule has 0 fully saturated rings. The van der Waals surface area contributed by atoms with Crippen molar-refractivity contribution in [1.29, 1.82) is 0 Å². The van der Waals surface area contributed by atoms with E-state index in [-0.39, 0.29) is 17.7 Å². The lowest BCUT2D eigenvalue weighted by molar-refractivity contribution is -0.118. The van der Waals surface area contributed by atoms with E-state index in [1.165, 1.54) is 40.9 Å². The molecule has 4 rings (SSSR count). The first-order chi connectivity index (χ1) is 14.8. The lowest BCUT2D eigenvalue weighted by Crippen LogP contribution is -2.37. The molecular formula is C19H19ClN6O4S. The van der Waals surface area contributed by atoms with Gasteiger partial charge in [0.1, 0.15) is 6.54 Å². The number of halogens is 1. The minimum Gasteiger partial charge on any atom is -0.383 e. The van der Waals surface area contributed by atoms with E-state index in [2.05, 4.69) is 9.98 Å². The van der Waals surface area contributed by atoms with Crippen LogP contribution in [0.4, 0.5) is 0 Å². The Balaban J connectivity index is 1.78. The summed E-state index contributed by atoms with van der Waals surface area (Å²) in [5.74, 6) is -0.459. The summed E-state index contributed by atoms with van der Waals surface area (Å²) >= 11 is 7.44. The monoisotopic (exact) mass is 462 g/mol. The Morgan fingerprint density at radius 3 is 2.77 bits per heavy atom. The zero-order valence-electron chi connectivity index (χ0n) is 17.0. The number of ether oxygens (including phenoxy) is 1. The number of hydrogen-bond donors (Lipinski definition) is 0. The molecule has 4 aromatic rings. The number of fused-ring (bicyclic) bond motifs is 2. The first kappa shape index (κ1) is 21.2. The number of amides is 1. The highest BCUT2D eigenvalue weighted by molar-refractivity contribution is 7.16. The molecule has 0 radical (unpaired) electrons. The lowest BCUT2D eigenvalue weighted by atomic mass is 10.3. The van der Waals surface area contributed by atoms with Crippen LogP contribution in [-0.2, 0) is 36.7 Å². The van der Waals surface area contributed by atoms with Gasteiger partial charge >= 0.3 is 5.69 Å². The largest absolute Gasteiger partial charge is 0.383 e. The minimum atomic E-state index is -0.518. The highest BCUT2D eigenvalue weighted by Gasteiger charge is 2.16. The average molecular weight is 463 g/mol. The number of carbonyl (C=O) groups is 1. The van der Waals surface area contributed by atoms with E-state index >= 15 is 0 Å². The molecule has 3 aromatic heterocycles. The van der Waals surface area contributed by atoms with Crippen LogP contribution in [0.1, 0.15) is 0 Å². The Hall–Kier alpha value is -3.02. The lowest BCUT2D eigenvalue weighted by Gasteiger charge is -2.05. The van der Waals surface area contributed by atoms with Crippen LogP contribution in [0.3, 0.4) is 0 Å². The van der Waals surface area contributed by atoms with Crippen LogP contribution in [0.2, 0.25) is 5.02 Å². The van der Waals surface area contributed by atoms with Crippen LogP contribution >= 0.6 is 22.9 Å². The van der Waals surface area contributed by atoms with Gasteiger partial charge in [0.05, 0.1) is 23.2 Å². The zero-order chi connectivity index (χ0) is 22.3. The van der Waals surface area contributed by atoms with Crippen molar-refractivity contribution in [2.45, 2.75) is 13.1 Å². The van der Waals surface area contributed by atoms with Gasteiger partial charge < -0.3 is 13.9 Å². The van der Waals surface area contributed by atoms with Crippen molar-refractivity contribution in [3.05, 3.63) is 55.2 Å². The third kappa shape index (κ3) is 3.75. The molecule has 0 saturated carbocycles. The fraction of sp³-hybridized carbons (Fsp3) is 0.316. The Kier molecular flexibility index (Phi) is 5.65. The molecule has 0 aliphatic heterocycles. The number of thiazole rings is 1. The maximum Gasteiger partial charge on any atom is 0.332 e. The first-order valence-corrected chi connectivity index (χ1v) is 10.5. The summed E-state index contributed by atoms with van der Waals surface area (Å²) < 4.78 is 11.6. The molecule has 162 valence electrons. The van der Waals surface area contributed by atoms with E-state index in [0.717, 1.165) is 14.8 Å². The standard InChI is InChI=1S/C19H19ClN6O4S/c1-23-16-15(17(28)24(2)19(23)29)25(10-21-16)9-14(27)22-18-26(6-7-30-3)12-5-4-11(20)8-13(12)31-18/h4-5,8,10H,6-7,9H2,1-3H3. The molecule has 0 aliphatic rings. The van der Waals surface area contributed by atoms with Crippen molar-refractivity contribution in [2.75, 3.05) is 13.7 Å². The van der Waals surface area contributed by atoms with Gasteiger partial charge in [-0.1, -0.05) is 22.9 Å². The van der Waals surface area contributed by atoms with Crippen LogP contribution in [0.5, 0.6) is 0 Å². The van der Waals surface area contributed by atoms with Gasteiger partial charge in [-0.15, -0.1) is 0 Å². The number of carbonyl (C=O) groups excluding carboxylic acids is 1. The van der Waals surface area contributed by atoms with Crippen LogP contribution in [0.25, 0.3) is 21.4 Å². The number of benzene rings is 1. The third-order valence-electron chi connectivity index (χ3n) is 4.91. The van der Waals surface area contributed by atoms with Gasteiger partial charge in [0.15, 0.2) is 16.0 Å². The Labute approximate surface area is 184 Å². The van der Waals surface area contributed by atoms with Crippen molar-refractivity contribution < 1.29 is 9.53 Å². The van der Waals surface area contributed by atoms with Gasteiger partial charge in [-0.25, -0.2) is 9.78 Å². The van der Waals surface area contributed by atoms with Gasteiger partial charge in [0.25, 0.3) is 11.5 Å². The second-order valence-corrected chi connectivity index (χ2v) is 8.34. The molecule has 0 bridgehead atoms. The van der Waals surface area contributed by atoms with Crippen LogP contribution in [0.15, 0.2) is 39.1 Å². The van der Waals surface area contributed by atoms with E-state index in [0.29, 0.717) is 23.0 Å². The molecule has 10 nitrogen and oxygen atoms in total. The molecule has 0 spiro atoms. The Bertz CT molecular complexity index is 1510. The third-order valence-corrected chi connectivity index (χ3v) is 6.18. The van der Waals surface area contributed by atoms with Gasteiger partial charge in [-0.2, -0.15) is 4.99 Å². The number of rotatable bonds is 5. The first-order valence-electron chi connectivity index (χ1n) is 9.28. The average Bonchev–Trinajstić information content (AvgIpc) is 3.29. The predicted molar refractivity (Wildman–Crippen MR) is 117 cm³/mol. The molecular weight excluding hydrogens is 444 g/mol. The van der Waals surface area contributed by atoms with Gasteiger partial charge in [-0.05, 0) is 18.2 Å². The van der Waals surface area contributed by atoms with Crippen molar-refractivity contribution in [3.8, 4) is 0 Å². The van der Waals surface area contributed by atoms with Crippen molar-refractivity contribution in [2.24, 2.45) is 19.1 Å². The smallest absolute Gasteiger partial charge is 0.332 e. The maximum atomic E-state index is 12.8. The number of hydrogen-bond acceptors (Lipinski definition) is 6. The summed E-state index contributed by atoms with van der Waals surface area (Å²) in [6, 6.07) is 5.48. The predicted octanol–water partition coefficient (Wildman–Crippen LogP) is 0.877. The summed E-state index contributed by atoms with van der Waals surface area (Å²) in [5.41, 5.74) is 0.281. The number of imidazole rings is 1. The summed E-state index contributed by atoms with van der Waals surface area (Å²) in [4.78, 5) is 46.3. The van der Waals surface area contributed by atoms with Crippen LogP contribution in [0, 0.1) is 0 Å². The molecule has 1 amide bonds. The molecule has 0 aliphatic carbocycles. The summed E-state index contributed by atoms with van der Waals surface area (Å²) in [5, 5.41) is 0.594. The highest BCUT2D eigenvalue weighted by atomic mass is 35.5. The minimum absolute atomic E-state index is 0.170. The summed E-state index contributed by atoms with van der Waals surface area (Å²) in [6.45, 7) is 0.774. The molecule has 31 heavy (non-hydrogen) atoms. The summed E-state index contributed by atoms with van der Waals surface area (Å²) in [6.07, 6.45) is 1.36. The molecule has 0 unspecified atom stereocenters. The second-order valence-electron chi connectivity index (χ2n) is 6.90. The number of methoxy groups -OCH3 is 1. The fourth-order valence-corrected chi connectivity index (χ4v) is 4.69. The van der Waals surface area contributed by atoms with Gasteiger partial charge in [-0.3, -0.25) is 18.7 Å². The fourth-order valence-electron chi connectivity index (χ4n) is 3.34. The second kappa shape index (κ2) is 8.25. The maximum absolute atomic E-state index is 12.8. The molecule has 0 N–H and O–H groups in total. The van der Waals surface area contributed by atoms with Gasteiger partial charge in [0, 0.05) is 32.8 Å². The Morgan fingerprint density at radius 2 is 2.03 bits per heavy atom. The number of nitrogens with zero attached hydrogens (tertiary/aromatic N) is 6. The van der Waals surface area contributed by atoms with Crippen molar-refractivity contribution >= 4 is 50.2 Å². The van der Waals surface area contributed by atoms with E-state index in [4.69, 9.17) is 16.3 Å². The Morgan fingerprint density at radius 1 is 1.26 bits per heavy atom. The molecule has 1 aromatic carbocycles. The van der Waals surface area contributed by atoms with E-state index < -0.39 is 17.2 Å². The van der Waals surface area contributed by atoms with Crippen LogP contribution < -0.4 is 16.1 Å². The van der Waals surface area contributed by atoms with Crippen LogP contribution in [-0.4, -0.2) is 42.9 Å². The van der Waals surface area contributed by atoms with Gasteiger partial charge in [0.2, 0.25) is 0 Å². The zero-order valence-corrected chi connectivity index (χ0v) is 18.6. The normalized spacial score (nSPS) is 12.3. The SMILES string of the molecule is COCCn1c(=NC(=O)Cn2cnc3c2c(=O)n(C)c(=O)n3C)sc2cc(Cl)ccc21. The molecule has 0 atom stereocenters. The number of aryl methyl sites for hydroxylation is 1. The molecule has 3 heterocycles. The quantitative estimate of drug-likeness (QED) is 0.437. The highest BCUT2D eigenvalue weighted by Crippen LogP contribution is 2.22. The van der Waals surface area contributed by atoms with Crippen molar-refractivity contribution in [1.82, 2.24) is 23.3 Å². The summed E-state index contributed by atoms with van der Waals surface area (Å²) in [7, 11) is 4.51. The van der Waals surface area contributed by atoms with E-state index in [1.54, 1.807) is 13.2 Å².